The van der Waals surface area contributed by atoms with Crippen molar-refractivity contribution in [2.75, 3.05) is 6.61 Å². The third-order valence-electron chi connectivity index (χ3n) is 3.76. The molecule has 0 radical (unpaired) electrons. The molecule has 0 amide bonds. The van der Waals surface area contributed by atoms with Gasteiger partial charge in [-0.1, -0.05) is 26.2 Å². The lowest BCUT2D eigenvalue weighted by Gasteiger charge is -2.13. The van der Waals surface area contributed by atoms with Crippen LogP contribution in [-0.4, -0.2) is 21.2 Å². The van der Waals surface area contributed by atoms with Crippen molar-refractivity contribution >= 4 is 16.6 Å². The summed E-state index contributed by atoms with van der Waals surface area (Å²) >= 11 is 0. The second kappa shape index (κ2) is 7.13. The van der Waals surface area contributed by atoms with Crippen LogP contribution in [0.25, 0.3) is 10.9 Å². The second-order valence-corrected chi connectivity index (χ2v) is 5.41. The molecule has 0 unspecified atom stereocenters. The van der Waals surface area contributed by atoms with Crippen molar-refractivity contribution in [3.05, 3.63) is 38.7 Å². The van der Waals surface area contributed by atoms with Crippen molar-refractivity contribution in [1.82, 2.24) is 4.57 Å². The van der Waals surface area contributed by atoms with E-state index in [1.165, 1.54) is 29.8 Å². The maximum absolute atomic E-state index is 12.1. The van der Waals surface area contributed by atoms with Crippen LogP contribution in [0.4, 0.5) is 5.69 Å². The number of aromatic hydroxyl groups is 1. The van der Waals surface area contributed by atoms with Crippen LogP contribution in [0.15, 0.2) is 23.0 Å². The zero-order valence-electron chi connectivity index (χ0n) is 13.2. The predicted octanol–water partition coefficient (Wildman–Crippen LogP) is 3.11. The second-order valence-electron chi connectivity index (χ2n) is 5.41. The van der Waals surface area contributed by atoms with E-state index >= 15 is 0 Å². The number of nitrogens with zero attached hydrogens (tertiary/aromatic N) is 2. The molecule has 1 aromatic carbocycles. The van der Waals surface area contributed by atoms with Crippen LogP contribution >= 0.6 is 0 Å². The highest BCUT2D eigenvalue weighted by molar-refractivity contribution is 5.89. The molecule has 124 valence electrons. The molecule has 0 aliphatic rings. The van der Waals surface area contributed by atoms with E-state index in [-0.39, 0.29) is 11.4 Å². The number of aryl methyl sites for hydroxylation is 1. The minimum atomic E-state index is -0.637. The number of non-ortho nitro benzene ring substituents is 1. The summed E-state index contributed by atoms with van der Waals surface area (Å²) in [6.45, 7) is 2.49. The average molecular weight is 320 g/mol. The first-order chi connectivity index (χ1) is 11.0. The standard InChI is InChI=1S/C16H20N2O5/c1-3-4-5-6-9-23-15-12-8-7-11(18(21)22)10-13(12)17(2)16(20)14(15)19/h7-8,10,19H,3-6,9H2,1-2H3. The van der Waals surface area contributed by atoms with Gasteiger partial charge in [-0.2, -0.15) is 0 Å². The van der Waals surface area contributed by atoms with E-state index in [0.29, 0.717) is 17.5 Å². The van der Waals surface area contributed by atoms with Gasteiger partial charge in [0, 0.05) is 24.6 Å². The van der Waals surface area contributed by atoms with E-state index in [1.54, 1.807) is 0 Å². The number of rotatable bonds is 7. The molecule has 0 saturated carbocycles. The Hall–Kier alpha value is -2.57. The fourth-order valence-electron chi connectivity index (χ4n) is 2.45. The summed E-state index contributed by atoms with van der Waals surface area (Å²) in [5.41, 5.74) is -0.404. The summed E-state index contributed by atoms with van der Waals surface area (Å²) in [6, 6.07) is 4.13. The molecule has 1 aromatic heterocycles. The van der Waals surface area contributed by atoms with Crippen LogP contribution in [0.1, 0.15) is 32.6 Å². The van der Waals surface area contributed by atoms with E-state index < -0.39 is 16.2 Å². The smallest absolute Gasteiger partial charge is 0.296 e. The van der Waals surface area contributed by atoms with Crippen LogP contribution in [0, 0.1) is 10.1 Å². The molecule has 1 heterocycles. The predicted molar refractivity (Wildman–Crippen MR) is 87.1 cm³/mol. The maximum atomic E-state index is 12.1. The van der Waals surface area contributed by atoms with Gasteiger partial charge in [0.2, 0.25) is 5.75 Å². The highest BCUT2D eigenvalue weighted by atomic mass is 16.6. The van der Waals surface area contributed by atoms with Gasteiger partial charge in [0.15, 0.2) is 5.75 Å². The summed E-state index contributed by atoms with van der Waals surface area (Å²) < 4.78 is 6.78. The lowest BCUT2D eigenvalue weighted by Crippen LogP contribution is -2.18. The van der Waals surface area contributed by atoms with Gasteiger partial charge in [-0.3, -0.25) is 14.9 Å². The Morgan fingerprint density at radius 1 is 1.30 bits per heavy atom. The lowest BCUT2D eigenvalue weighted by molar-refractivity contribution is -0.384. The molecule has 23 heavy (non-hydrogen) atoms. The van der Waals surface area contributed by atoms with Gasteiger partial charge in [0.1, 0.15) is 0 Å². The lowest BCUT2D eigenvalue weighted by atomic mass is 10.1. The topological polar surface area (TPSA) is 94.6 Å². The number of unbranched alkanes of at least 4 members (excludes halogenated alkanes) is 3. The van der Waals surface area contributed by atoms with E-state index in [9.17, 15) is 20.0 Å². The summed E-state index contributed by atoms with van der Waals surface area (Å²) in [5.74, 6) is -0.376. The van der Waals surface area contributed by atoms with Crippen LogP contribution in [0.2, 0.25) is 0 Å². The summed E-state index contributed by atoms with van der Waals surface area (Å²) in [7, 11) is 1.46. The molecular formula is C16H20N2O5. The Kier molecular flexibility index (Phi) is 5.20. The minimum absolute atomic E-state index is 0.0921. The Balaban J connectivity index is 2.43. The van der Waals surface area contributed by atoms with Gasteiger partial charge in [0.05, 0.1) is 17.0 Å². The number of benzene rings is 1. The molecule has 0 spiro atoms. The van der Waals surface area contributed by atoms with Crippen molar-refractivity contribution < 1.29 is 14.8 Å². The Bertz CT molecular complexity index is 782. The summed E-state index contributed by atoms with van der Waals surface area (Å²) in [5, 5.41) is 21.4. The molecule has 0 aliphatic carbocycles. The highest BCUT2D eigenvalue weighted by Crippen LogP contribution is 2.33. The monoisotopic (exact) mass is 320 g/mol. The number of nitro benzene ring substituents is 1. The zero-order valence-corrected chi connectivity index (χ0v) is 13.2. The number of hydrogen-bond acceptors (Lipinski definition) is 5. The van der Waals surface area contributed by atoms with Crippen LogP contribution in [0.5, 0.6) is 11.5 Å². The quantitative estimate of drug-likeness (QED) is 0.480. The van der Waals surface area contributed by atoms with Crippen LogP contribution < -0.4 is 10.3 Å². The fraction of sp³-hybridized carbons (Fsp3) is 0.438. The van der Waals surface area contributed by atoms with E-state index in [4.69, 9.17) is 4.74 Å². The third-order valence-corrected chi connectivity index (χ3v) is 3.76. The van der Waals surface area contributed by atoms with Gasteiger partial charge in [-0.05, 0) is 12.5 Å². The first kappa shape index (κ1) is 16.8. The molecule has 7 nitrogen and oxygen atoms in total. The normalized spacial score (nSPS) is 10.9. The first-order valence-corrected chi connectivity index (χ1v) is 7.60. The maximum Gasteiger partial charge on any atom is 0.296 e. The van der Waals surface area contributed by atoms with E-state index in [2.05, 4.69) is 6.92 Å². The number of fused-ring (bicyclic) bond motifs is 1. The molecule has 0 aliphatic heterocycles. The fourth-order valence-corrected chi connectivity index (χ4v) is 2.45. The van der Waals surface area contributed by atoms with Crippen molar-refractivity contribution in [2.45, 2.75) is 32.6 Å². The Morgan fingerprint density at radius 3 is 2.70 bits per heavy atom. The third kappa shape index (κ3) is 3.44. The molecule has 2 aromatic rings. The highest BCUT2D eigenvalue weighted by Gasteiger charge is 2.18. The van der Waals surface area contributed by atoms with Crippen molar-refractivity contribution in [3.63, 3.8) is 0 Å². The average Bonchev–Trinajstić information content (AvgIpc) is 2.54. The summed E-state index contributed by atoms with van der Waals surface area (Å²) in [4.78, 5) is 22.5. The molecule has 7 heteroatoms. The van der Waals surface area contributed by atoms with E-state index in [0.717, 1.165) is 25.7 Å². The van der Waals surface area contributed by atoms with Crippen molar-refractivity contribution in [2.24, 2.45) is 7.05 Å². The molecule has 1 N–H and O–H groups in total. The van der Waals surface area contributed by atoms with Crippen LogP contribution in [-0.2, 0) is 7.05 Å². The van der Waals surface area contributed by atoms with Crippen molar-refractivity contribution in [1.29, 1.82) is 0 Å². The van der Waals surface area contributed by atoms with Gasteiger partial charge in [-0.15, -0.1) is 0 Å². The number of ether oxygens (including phenoxy) is 1. The summed E-state index contributed by atoms with van der Waals surface area (Å²) in [6.07, 6.45) is 4.02. The largest absolute Gasteiger partial charge is 0.500 e. The number of pyridine rings is 1. The molecule has 0 fully saturated rings. The molecule has 2 rings (SSSR count). The SMILES string of the molecule is CCCCCCOc1c(O)c(=O)n(C)c2cc([N+](=O)[O-])ccc12. The van der Waals surface area contributed by atoms with Crippen LogP contribution in [0.3, 0.4) is 0 Å². The first-order valence-electron chi connectivity index (χ1n) is 7.60. The number of nitro groups is 1. The van der Waals surface area contributed by atoms with E-state index in [1.807, 2.05) is 0 Å². The zero-order chi connectivity index (χ0) is 17.0. The molecular weight excluding hydrogens is 300 g/mol. The number of hydrogen-bond donors (Lipinski definition) is 1. The Morgan fingerprint density at radius 2 is 2.04 bits per heavy atom. The van der Waals surface area contributed by atoms with Crippen molar-refractivity contribution in [3.8, 4) is 11.5 Å². The molecule has 0 atom stereocenters. The number of aromatic nitrogens is 1. The van der Waals surface area contributed by atoms with Gasteiger partial charge in [-0.25, -0.2) is 0 Å². The molecule has 0 saturated heterocycles. The van der Waals surface area contributed by atoms with Gasteiger partial charge < -0.3 is 14.4 Å². The van der Waals surface area contributed by atoms with Gasteiger partial charge in [0.25, 0.3) is 11.2 Å². The van der Waals surface area contributed by atoms with Gasteiger partial charge >= 0.3 is 0 Å². The minimum Gasteiger partial charge on any atom is -0.500 e. The Labute approximate surface area is 133 Å². The molecule has 0 bridgehead atoms.